The lowest BCUT2D eigenvalue weighted by atomic mass is 10.1. The molecule has 0 aliphatic carbocycles. The van der Waals surface area contributed by atoms with Crippen LogP contribution in [0.25, 0.3) is 0 Å². The zero-order chi connectivity index (χ0) is 15.9. The first-order valence-corrected chi connectivity index (χ1v) is 7.64. The van der Waals surface area contributed by atoms with E-state index in [-0.39, 0.29) is 31.0 Å². The van der Waals surface area contributed by atoms with E-state index in [1.165, 1.54) is 0 Å². The molecule has 1 aromatic carbocycles. The zero-order valence-electron chi connectivity index (χ0n) is 13.3. The molecule has 0 radical (unpaired) electrons. The number of nitrogens with zero attached hydrogens (tertiary/aromatic N) is 1. The molecule has 1 aliphatic heterocycles. The molecule has 1 unspecified atom stereocenters. The SMILES string of the molecule is CCCN(C(=O)c1ccc(OCC(N)=O)cc1)C1CCNC1.Cl. The Balaban J connectivity index is 0.00000264. The van der Waals surface area contributed by atoms with Gasteiger partial charge in [0.2, 0.25) is 0 Å². The molecule has 1 heterocycles. The fourth-order valence-corrected chi connectivity index (χ4v) is 2.61. The van der Waals surface area contributed by atoms with Gasteiger partial charge in [0.15, 0.2) is 6.61 Å². The first-order chi connectivity index (χ1) is 10.6. The van der Waals surface area contributed by atoms with Crippen LogP contribution in [0.4, 0.5) is 0 Å². The zero-order valence-corrected chi connectivity index (χ0v) is 14.1. The highest BCUT2D eigenvalue weighted by Gasteiger charge is 2.26. The van der Waals surface area contributed by atoms with Crippen LogP contribution in [0, 0.1) is 0 Å². The third-order valence-corrected chi connectivity index (χ3v) is 3.68. The molecule has 1 aromatic rings. The predicted molar refractivity (Wildman–Crippen MR) is 91.0 cm³/mol. The maximum absolute atomic E-state index is 12.7. The number of primary amides is 1. The van der Waals surface area contributed by atoms with E-state index in [9.17, 15) is 9.59 Å². The average Bonchev–Trinajstić information content (AvgIpc) is 3.04. The molecule has 0 saturated carbocycles. The number of amides is 2. The molecule has 23 heavy (non-hydrogen) atoms. The van der Waals surface area contributed by atoms with Gasteiger partial charge in [0.25, 0.3) is 11.8 Å². The topological polar surface area (TPSA) is 84.7 Å². The van der Waals surface area contributed by atoms with Gasteiger partial charge in [-0.1, -0.05) is 6.92 Å². The second-order valence-electron chi connectivity index (χ2n) is 5.42. The fourth-order valence-electron chi connectivity index (χ4n) is 2.61. The van der Waals surface area contributed by atoms with Crippen LogP contribution in [-0.2, 0) is 4.79 Å². The van der Waals surface area contributed by atoms with Gasteiger partial charge in [0.05, 0.1) is 0 Å². The molecule has 3 N–H and O–H groups in total. The number of hydrogen-bond acceptors (Lipinski definition) is 4. The second kappa shape index (κ2) is 9.37. The summed E-state index contributed by atoms with van der Waals surface area (Å²) in [6.45, 7) is 4.47. The Bertz CT molecular complexity index is 516. The van der Waals surface area contributed by atoms with Crippen LogP contribution >= 0.6 is 12.4 Å². The molecule has 2 rings (SSSR count). The van der Waals surface area contributed by atoms with Crippen molar-refractivity contribution in [3.8, 4) is 5.75 Å². The third kappa shape index (κ3) is 5.41. The maximum Gasteiger partial charge on any atom is 0.255 e. The average molecular weight is 342 g/mol. The summed E-state index contributed by atoms with van der Waals surface area (Å²) >= 11 is 0. The number of halogens is 1. The first-order valence-electron chi connectivity index (χ1n) is 7.64. The summed E-state index contributed by atoms with van der Waals surface area (Å²) in [5.41, 5.74) is 5.66. The molecule has 2 amide bonds. The Morgan fingerprint density at radius 2 is 2.04 bits per heavy atom. The van der Waals surface area contributed by atoms with Gasteiger partial charge in [-0.25, -0.2) is 0 Å². The summed E-state index contributed by atoms with van der Waals surface area (Å²) in [6.07, 6.45) is 1.92. The molecule has 1 saturated heterocycles. The monoisotopic (exact) mass is 341 g/mol. The van der Waals surface area contributed by atoms with Gasteiger partial charge in [-0.2, -0.15) is 0 Å². The van der Waals surface area contributed by atoms with Gasteiger partial charge in [-0.05, 0) is 43.7 Å². The number of hydrogen-bond donors (Lipinski definition) is 2. The molecule has 6 nitrogen and oxygen atoms in total. The Morgan fingerprint density at radius 3 is 2.57 bits per heavy atom. The maximum atomic E-state index is 12.7. The number of nitrogens with one attached hydrogen (secondary N) is 1. The standard InChI is InChI=1S/C16H23N3O3.ClH/c1-2-9-19(13-7-8-18-10-13)16(21)12-3-5-14(6-4-12)22-11-15(17)20;/h3-6,13,18H,2,7-11H2,1H3,(H2,17,20);1H. The minimum Gasteiger partial charge on any atom is -0.484 e. The van der Waals surface area contributed by atoms with Crippen molar-refractivity contribution in [2.75, 3.05) is 26.2 Å². The fraction of sp³-hybridized carbons (Fsp3) is 0.500. The quantitative estimate of drug-likeness (QED) is 0.780. The first kappa shape index (κ1) is 19.3. The molecular formula is C16H24ClN3O3. The van der Waals surface area contributed by atoms with Gasteiger partial charge < -0.3 is 20.7 Å². The Morgan fingerprint density at radius 1 is 1.35 bits per heavy atom. The van der Waals surface area contributed by atoms with Crippen molar-refractivity contribution in [2.45, 2.75) is 25.8 Å². The van der Waals surface area contributed by atoms with Crippen LogP contribution in [0.15, 0.2) is 24.3 Å². The second-order valence-corrected chi connectivity index (χ2v) is 5.42. The smallest absolute Gasteiger partial charge is 0.255 e. The van der Waals surface area contributed by atoms with Crippen LogP contribution < -0.4 is 15.8 Å². The molecular weight excluding hydrogens is 318 g/mol. The lowest BCUT2D eigenvalue weighted by Gasteiger charge is -2.28. The highest BCUT2D eigenvalue weighted by Crippen LogP contribution is 2.17. The number of nitrogens with two attached hydrogens (primary N) is 1. The summed E-state index contributed by atoms with van der Waals surface area (Å²) in [7, 11) is 0. The van der Waals surface area contributed by atoms with Gasteiger partial charge in [0, 0.05) is 24.7 Å². The Kier molecular flexibility index (Phi) is 7.85. The number of carbonyl (C=O) groups excluding carboxylic acids is 2. The van der Waals surface area contributed by atoms with Crippen molar-refractivity contribution in [3.05, 3.63) is 29.8 Å². The summed E-state index contributed by atoms with van der Waals surface area (Å²) in [6, 6.07) is 7.09. The van der Waals surface area contributed by atoms with Crippen LogP contribution in [0.1, 0.15) is 30.1 Å². The molecule has 128 valence electrons. The number of carbonyl (C=O) groups is 2. The van der Waals surface area contributed by atoms with E-state index in [0.717, 1.165) is 32.5 Å². The summed E-state index contributed by atoms with van der Waals surface area (Å²) in [5.74, 6) is 0.0416. The normalized spacial score (nSPS) is 16.5. The minimum atomic E-state index is -0.525. The Labute approximate surface area is 142 Å². The summed E-state index contributed by atoms with van der Waals surface area (Å²) in [4.78, 5) is 25.3. The number of ether oxygens (including phenoxy) is 1. The van der Waals surface area contributed by atoms with E-state index < -0.39 is 5.91 Å². The van der Waals surface area contributed by atoms with Gasteiger partial charge in [0.1, 0.15) is 5.75 Å². The van der Waals surface area contributed by atoms with Crippen molar-refractivity contribution in [2.24, 2.45) is 5.73 Å². The molecule has 7 heteroatoms. The lowest BCUT2D eigenvalue weighted by Crippen LogP contribution is -2.42. The van der Waals surface area contributed by atoms with Gasteiger partial charge >= 0.3 is 0 Å². The molecule has 0 aromatic heterocycles. The molecule has 0 spiro atoms. The van der Waals surface area contributed by atoms with Crippen molar-refractivity contribution in [1.82, 2.24) is 10.2 Å². The van der Waals surface area contributed by atoms with E-state index >= 15 is 0 Å². The summed E-state index contributed by atoms with van der Waals surface area (Å²) in [5, 5.41) is 3.30. The van der Waals surface area contributed by atoms with Crippen molar-refractivity contribution >= 4 is 24.2 Å². The molecule has 1 atom stereocenters. The highest BCUT2D eigenvalue weighted by molar-refractivity contribution is 5.94. The highest BCUT2D eigenvalue weighted by atomic mass is 35.5. The molecule has 0 bridgehead atoms. The third-order valence-electron chi connectivity index (χ3n) is 3.68. The van der Waals surface area contributed by atoms with Crippen LogP contribution in [0.3, 0.4) is 0 Å². The van der Waals surface area contributed by atoms with Crippen LogP contribution in [0.5, 0.6) is 5.75 Å². The largest absolute Gasteiger partial charge is 0.484 e. The van der Waals surface area contributed by atoms with Crippen molar-refractivity contribution < 1.29 is 14.3 Å². The minimum absolute atomic E-state index is 0. The van der Waals surface area contributed by atoms with Crippen LogP contribution in [0.2, 0.25) is 0 Å². The van der Waals surface area contributed by atoms with Crippen molar-refractivity contribution in [3.63, 3.8) is 0 Å². The van der Waals surface area contributed by atoms with E-state index in [1.54, 1.807) is 24.3 Å². The van der Waals surface area contributed by atoms with E-state index in [0.29, 0.717) is 11.3 Å². The van der Waals surface area contributed by atoms with E-state index in [2.05, 4.69) is 12.2 Å². The number of benzene rings is 1. The predicted octanol–water partition coefficient (Wildman–Crippen LogP) is 1.19. The van der Waals surface area contributed by atoms with E-state index in [4.69, 9.17) is 10.5 Å². The van der Waals surface area contributed by atoms with Crippen molar-refractivity contribution in [1.29, 1.82) is 0 Å². The van der Waals surface area contributed by atoms with Gasteiger partial charge in [-0.3, -0.25) is 9.59 Å². The summed E-state index contributed by atoms with van der Waals surface area (Å²) < 4.78 is 5.20. The lowest BCUT2D eigenvalue weighted by molar-refractivity contribution is -0.119. The van der Waals surface area contributed by atoms with Gasteiger partial charge in [-0.15, -0.1) is 12.4 Å². The molecule has 1 fully saturated rings. The van der Waals surface area contributed by atoms with Crippen LogP contribution in [-0.4, -0.2) is 49.0 Å². The number of rotatable bonds is 7. The van der Waals surface area contributed by atoms with E-state index in [1.807, 2.05) is 4.90 Å². The Hall–Kier alpha value is -1.79. The molecule has 1 aliphatic rings.